The highest BCUT2D eigenvalue weighted by Crippen LogP contribution is 2.23. The maximum Gasteiger partial charge on any atom is 0.321 e. The molecule has 0 bridgehead atoms. The predicted molar refractivity (Wildman–Crippen MR) is 85.3 cm³/mol. The number of nitrogens with zero attached hydrogens (tertiary/aromatic N) is 3. The highest BCUT2D eigenvalue weighted by atomic mass is 35.5. The summed E-state index contributed by atoms with van der Waals surface area (Å²) >= 11 is 6.17. The lowest BCUT2D eigenvalue weighted by molar-refractivity contribution is 0.261. The van der Waals surface area contributed by atoms with Crippen LogP contribution in [0.1, 0.15) is 45.0 Å². The van der Waals surface area contributed by atoms with E-state index in [0.717, 1.165) is 5.56 Å². The van der Waals surface area contributed by atoms with E-state index in [9.17, 15) is 0 Å². The average molecular weight is 325 g/mol. The summed E-state index contributed by atoms with van der Waals surface area (Å²) in [5.41, 5.74) is 0.909. The number of rotatable bonds is 7. The Bertz CT molecular complexity index is 613. The van der Waals surface area contributed by atoms with Gasteiger partial charge in [0.2, 0.25) is 5.88 Å². The van der Waals surface area contributed by atoms with Crippen LogP contribution in [0.25, 0.3) is 0 Å². The summed E-state index contributed by atoms with van der Waals surface area (Å²) in [6.07, 6.45) is 1.72. The van der Waals surface area contributed by atoms with Gasteiger partial charge in [-0.3, -0.25) is 0 Å². The van der Waals surface area contributed by atoms with Gasteiger partial charge in [-0.1, -0.05) is 44.5 Å². The molecule has 0 amide bonds. The third-order valence-corrected chi connectivity index (χ3v) is 3.09. The lowest BCUT2D eigenvalue weighted by atomic mass is 10.2. The topological polar surface area (TPSA) is 73.1 Å². The molecule has 2 aromatic heterocycles. The van der Waals surface area contributed by atoms with Crippen molar-refractivity contribution in [3.8, 4) is 5.88 Å². The van der Waals surface area contributed by atoms with Crippen LogP contribution in [0.15, 0.2) is 16.8 Å². The normalized spacial score (nSPS) is 11.2. The highest BCUT2D eigenvalue weighted by molar-refractivity contribution is 6.31. The fraction of sp³-hybridized carbons (Fsp3) is 0.533. The molecular formula is C15H21ClN4O2. The zero-order chi connectivity index (χ0) is 16.1. The van der Waals surface area contributed by atoms with Crippen LogP contribution in [0.4, 0.5) is 6.01 Å². The van der Waals surface area contributed by atoms with E-state index in [1.807, 2.05) is 19.9 Å². The number of ether oxygens (including phenoxy) is 1. The molecule has 22 heavy (non-hydrogen) atoms. The van der Waals surface area contributed by atoms with Crippen LogP contribution in [0.3, 0.4) is 0 Å². The second-order valence-electron chi connectivity index (χ2n) is 5.80. The van der Waals surface area contributed by atoms with Gasteiger partial charge >= 0.3 is 6.01 Å². The van der Waals surface area contributed by atoms with Crippen molar-refractivity contribution in [1.82, 2.24) is 15.1 Å². The maximum absolute atomic E-state index is 6.17. The molecule has 6 nitrogen and oxygen atoms in total. The molecule has 0 fully saturated rings. The Kier molecular flexibility index (Phi) is 5.60. The molecule has 1 N–H and O–H groups in total. The van der Waals surface area contributed by atoms with Gasteiger partial charge in [0.15, 0.2) is 5.82 Å². The van der Waals surface area contributed by atoms with Gasteiger partial charge in [-0.2, -0.15) is 4.98 Å². The Labute approximate surface area is 135 Å². The second-order valence-corrected chi connectivity index (χ2v) is 6.21. The van der Waals surface area contributed by atoms with E-state index in [-0.39, 0.29) is 5.92 Å². The Morgan fingerprint density at radius 1 is 1.32 bits per heavy atom. The Balaban J connectivity index is 1.94. The van der Waals surface area contributed by atoms with E-state index in [4.69, 9.17) is 20.9 Å². The lowest BCUT2D eigenvalue weighted by Crippen LogP contribution is -2.07. The maximum atomic E-state index is 6.17. The molecule has 0 saturated heterocycles. The monoisotopic (exact) mass is 324 g/mol. The van der Waals surface area contributed by atoms with Gasteiger partial charge in [0.25, 0.3) is 0 Å². The van der Waals surface area contributed by atoms with Crippen LogP contribution < -0.4 is 10.1 Å². The fourth-order valence-corrected chi connectivity index (χ4v) is 1.88. The summed E-state index contributed by atoms with van der Waals surface area (Å²) in [6.45, 7) is 9.24. The summed E-state index contributed by atoms with van der Waals surface area (Å²) in [7, 11) is 0. The number of hydrogen-bond acceptors (Lipinski definition) is 6. The number of pyridine rings is 1. The summed E-state index contributed by atoms with van der Waals surface area (Å²) in [4.78, 5) is 8.48. The van der Waals surface area contributed by atoms with Gasteiger partial charge in [0.05, 0.1) is 6.61 Å². The molecule has 0 aliphatic carbocycles. The van der Waals surface area contributed by atoms with E-state index < -0.39 is 0 Å². The van der Waals surface area contributed by atoms with E-state index in [1.54, 1.807) is 6.20 Å². The molecule has 0 radical (unpaired) electrons. The first-order valence-corrected chi connectivity index (χ1v) is 7.68. The van der Waals surface area contributed by atoms with E-state index in [2.05, 4.69) is 34.3 Å². The van der Waals surface area contributed by atoms with Crippen LogP contribution in [0.2, 0.25) is 5.02 Å². The standard InChI is InChI=1S/C15H21ClN4O2/c1-9(2)8-21-14-12(16)5-11(6-17-14)7-18-15-19-13(10(3)4)20-22-15/h5-6,9-10H,7-8H2,1-4H3,(H,18,19,20). The Morgan fingerprint density at radius 3 is 2.68 bits per heavy atom. The number of aromatic nitrogens is 3. The number of hydrogen-bond donors (Lipinski definition) is 1. The third kappa shape index (κ3) is 4.59. The minimum Gasteiger partial charge on any atom is -0.476 e. The summed E-state index contributed by atoms with van der Waals surface area (Å²) in [6, 6.07) is 2.21. The average Bonchev–Trinajstić information content (AvgIpc) is 2.93. The van der Waals surface area contributed by atoms with Gasteiger partial charge < -0.3 is 14.6 Å². The minimum atomic E-state index is 0.229. The lowest BCUT2D eigenvalue weighted by Gasteiger charge is -2.10. The fourth-order valence-electron chi connectivity index (χ4n) is 1.63. The molecule has 2 heterocycles. The van der Waals surface area contributed by atoms with Crippen molar-refractivity contribution in [2.45, 2.75) is 40.2 Å². The van der Waals surface area contributed by atoms with Crippen molar-refractivity contribution in [2.24, 2.45) is 5.92 Å². The van der Waals surface area contributed by atoms with Crippen molar-refractivity contribution in [2.75, 3.05) is 11.9 Å². The summed E-state index contributed by atoms with van der Waals surface area (Å²) < 4.78 is 10.7. The molecule has 120 valence electrons. The van der Waals surface area contributed by atoms with E-state index in [1.165, 1.54) is 0 Å². The quantitative estimate of drug-likeness (QED) is 0.833. The van der Waals surface area contributed by atoms with Gasteiger partial charge in [-0.15, -0.1) is 0 Å². The SMILES string of the molecule is CC(C)COc1ncc(CNc2nc(C(C)C)no2)cc1Cl. The van der Waals surface area contributed by atoms with Crippen molar-refractivity contribution in [1.29, 1.82) is 0 Å². The van der Waals surface area contributed by atoms with Gasteiger partial charge in [0, 0.05) is 18.7 Å². The molecular weight excluding hydrogens is 304 g/mol. The molecule has 0 aliphatic rings. The summed E-state index contributed by atoms with van der Waals surface area (Å²) in [5, 5.41) is 7.44. The molecule has 7 heteroatoms. The zero-order valence-electron chi connectivity index (χ0n) is 13.3. The predicted octanol–water partition coefficient (Wildman–Crippen LogP) is 3.89. The molecule has 2 rings (SSSR count). The first kappa shape index (κ1) is 16.5. The molecule has 0 atom stereocenters. The number of anilines is 1. The third-order valence-electron chi connectivity index (χ3n) is 2.82. The highest BCUT2D eigenvalue weighted by Gasteiger charge is 2.10. The molecule has 0 unspecified atom stereocenters. The molecule has 0 aliphatic heterocycles. The number of halogens is 1. The zero-order valence-corrected chi connectivity index (χ0v) is 14.0. The van der Waals surface area contributed by atoms with Crippen LogP contribution in [-0.2, 0) is 6.54 Å². The smallest absolute Gasteiger partial charge is 0.321 e. The first-order chi connectivity index (χ1) is 10.5. The van der Waals surface area contributed by atoms with Crippen LogP contribution in [0, 0.1) is 5.92 Å². The first-order valence-electron chi connectivity index (χ1n) is 7.30. The van der Waals surface area contributed by atoms with Crippen molar-refractivity contribution in [3.05, 3.63) is 28.7 Å². The molecule has 2 aromatic rings. The van der Waals surface area contributed by atoms with Crippen molar-refractivity contribution in [3.63, 3.8) is 0 Å². The molecule has 0 saturated carbocycles. The molecule has 0 spiro atoms. The van der Waals surface area contributed by atoms with Crippen molar-refractivity contribution < 1.29 is 9.26 Å². The van der Waals surface area contributed by atoms with E-state index >= 15 is 0 Å². The molecule has 0 aromatic carbocycles. The van der Waals surface area contributed by atoms with Crippen molar-refractivity contribution >= 4 is 17.6 Å². The minimum absolute atomic E-state index is 0.229. The van der Waals surface area contributed by atoms with Gasteiger partial charge in [0.1, 0.15) is 5.02 Å². The van der Waals surface area contributed by atoms with Gasteiger partial charge in [-0.05, 0) is 17.5 Å². The van der Waals surface area contributed by atoms with Crippen LogP contribution in [-0.4, -0.2) is 21.7 Å². The van der Waals surface area contributed by atoms with Crippen LogP contribution in [0.5, 0.6) is 5.88 Å². The Hall–Kier alpha value is -1.82. The second kappa shape index (κ2) is 7.45. The largest absolute Gasteiger partial charge is 0.476 e. The van der Waals surface area contributed by atoms with Gasteiger partial charge in [-0.25, -0.2) is 4.98 Å². The summed E-state index contributed by atoms with van der Waals surface area (Å²) in [5.74, 6) is 1.79. The Morgan fingerprint density at radius 2 is 2.09 bits per heavy atom. The number of nitrogens with one attached hydrogen (secondary N) is 1. The van der Waals surface area contributed by atoms with Crippen LogP contribution >= 0.6 is 11.6 Å². The van der Waals surface area contributed by atoms with E-state index in [0.29, 0.717) is 41.8 Å².